The Morgan fingerprint density at radius 2 is 2.40 bits per heavy atom. The van der Waals surface area contributed by atoms with E-state index in [0.717, 1.165) is 12.2 Å². The molecule has 1 aromatic heterocycles. The van der Waals surface area contributed by atoms with Crippen LogP contribution in [0.15, 0.2) is 22.8 Å². The molecule has 4 nitrogen and oxygen atoms in total. The number of hydrogen-bond donors (Lipinski definition) is 2. The molecule has 0 spiro atoms. The molecular weight excluding hydrogens is 192 g/mol. The van der Waals surface area contributed by atoms with Crippen LogP contribution in [0.2, 0.25) is 0 Å². The van der Waals surface area contributed by atoms with Gasteiger partial charge in [-0.2, -0.15) is 0 Å². The second-order valence-corrected chi connectivity index (χ2v) is 3.64. The first-order valence-corrected chi connectivity index (χ1v) is 5.24. The van der Waals surface area contributed by atoms with Crippen molar-refractivity contribution in [1.82, 2.24) is 5.32 Å². The smallest absolute Gasteiger partial charge is 0.237 e. The van der Waals surface area contributed by atoms with Gasteiger partial charge in [0.2, 0.25) is 5.91 Å². The summed E-state index contributed by atoms with van der Waals surface area (Å²) in [6, 6.07) is 3.07. The number of rotatable bonds is 5. The van der Waals surface area contributed by atoms with Crippen LogP contribution in [-0.2, 0) is 4.79 Å². The van der Waals surface area contributed by atoms with E-state index in [1.165, 1.54) is 0 Å². The minimum Gasteiger partial charge on any atom is -0.467 e. The van der Waals surface area contributed by atoms with Crippen LogP contribution in [0.4, 0.5) is 0 Å². The third-order valence-electron chi connectivity index (χ3n) is 2.27. The lowest BCUT2D eigenvalue weighted by Crippen LogP contribution is -2.41. The second kappa shape index (κ2) is 5.56. The van der Waals surface area contributed by atoms with E-state index in [1.54, 1.807) is 12.3 Å². The molecule has 1 amide bonds. The lowest BCUT2D eigenvalue weighted by molar-refractivity contribution is -0.123. The maximum Gasteiger partial charge on any atom is 0.237 e. The van der Waals surface area contributed by atoms with Crippen LogP contribution >= 0.6 is 0 Å². The molecule has 84 valence electrons. The molecule has 2 unspecified atom stereocenters. The van der Waals surface area contributed by atoms with Gasteiger partial charge in [0.1, 0.15) is 5.76 Å². The van der Waals surface area contributed by atoms with Gasteiger partial charge in [-0.1, -0.05) is 13.3 Å². The molecule has 0 aromatic carbocycles. The van der Waals surface area contributed by atoms with Crippen LogP contribution in [0, 0.1) is 0 Å². The van der Waals surface area contributed by atoms with Crippen LogP contribution < -0.4 is 11.1 Å². The number of nitrogens with one attached hydrogen (secondary N) is 1. The molecule has 4 heteroatoms. The van der Waals surface area contributed by atoms with E-state index in [4.69, 9.17) is 10.2 Å². The number of hydrogen-bond acceptors (Lipinski definition) is 3. The maximum atomic E-state index is 11.6. The van der Waals surface area contributed by atoms with Crippen molar-refractivity contribution in [3.8, 4) is 0 Å². The summed E-state index contributed by atoms with van der Waals surface area (Å²) in [5, 5.41) is 2.81. The lowest BCUT2D eigenvalue weighted by Gasteiger charge is -2.15. The fourth-order valence-corrected chi connectivity index (χ4v) is 1.37. The molecule has 0 fully saturated rings. The van der Waals surface area contributed by atoms with Crippen LogP contribution in [0.1, 0.15) is 38.5 Å². The number of amides is 1. The van der Waals surface area contributed by atoms with E-state index in [1.807, 2.05) is 19.9 Å². The minimum absolute atomic E-state index is 0.124. The summed E-state index contributed by atoms with van der Waals surface area (Å²) < 4.78 is 5.18. The predicted molar refractivity (Wildman–Crippen MR) is 58.1 cm³/mol. The zero-order chi connectivity index (χ0) is 11.3. The van der Waals surface area contributed by atoms with Crippen molar-refractivity contribution < 1.29 is 9.21 Å². The summed E-state index contributed by atoms with van der Waals surface area (Å²) in [4.78, 5) is 11.6. The van der Waals surface area contributed by atoms with E-state index < -0.39 is 6.04 Å². The first kappa shape index (κ1) is 11.8. The Morgan fingerprint density at radius 1 is 1.67 bits per heavy atom. The Kier molecular flexibility index (Phi) is 4.37. The van der Waals surface area contributed by atoms with Gasteiger partial charge in [0.05, 0.1) is 18.3 Å². The Bertz CT molecular complexity index is 296. The molecule has 15 heavy (non-hydrogen) atoms. The number of nitrogens with two attached hydrogens (primary N) is 1. The molecule has 1 heterocycles. The highest BCUT2D eigenvalue weighted by Gasteiger charge is 2.16. The highest BCUT2D eigenvalue weighted by molar-refractivity contribution is 5.81. The fraction of sp³-hybridized carbons (Fsp3) is 0.545. The third kappa shape index (κ3) is 3.40. The maximum absolute atomic E-state index is 11.6. The average Bonchev–Trinajstić information content (AvgIpc) is 2.70. The molecule has 0 aliphatic rings. The molecule has 2 atom stereocenters. The molecule has 1 rings (SSSR count). The first-order chi connectivity index (χ1) is 7.15. The van der Waals surface area contributed by atoms with Crippen LogP contribution in [0.25, 0.3) is 0 Å². The van der Waals surface area contributed by atoms with Gasteiger partial charge in [0.15, 0.2) is 0 Å². The van der Waals surface area contributed by atoms with Gasteiger partial charge < -0.3 is 15.5 Å². The first-order valence-electron chi connectivity index (χ1n) is 5.24. The van der Waals surface area contributed by atoms with Crippen molar-refractivity contribution in [3.63, 3.8) is 0 Å². The largest absolute Gasteiger partial charge is 0.467 e. The van der Waals surface area contributed by atoms with E-state index in [2.05, 4.69) is 5.32 Å². The summed E-state index contributed by atoms with van der Waals surface area (Å²) in [6.07, 6.45) is 3.20. The molecule has 0 radical (unpaired) electrons. The van der Waals surface area contributed by atoms with Crippen LogP contribution in [-0.4, -0.2) is 11.9 Å². The number of carbonyl (C=O) groups is 1. The normalized spacial score (nSPS) is 14.6. The van der Waals surface area contributed by atoms with Crippen molar-refractivity contribution in [2.24, 2.45) is 5.73 Å². The van der Waals surface area contributed by atoms with Crippen LogP contribution in [0.5, 0.6) is 0 Å². The molecule has 0 saturated carbocycles. The lowest BCUT2D eigenvalue weighted by atomic mass is 10.1. The summed E-state index contributed by atoms with van der Waals surface area (Å²) in [6.45, 7) is 3.87. The number of carbonyl (C=O) groups excluding carboxylic acids is 1. The van der Waals surface area contributed by atoms with Gasteiger partial charge in [-0.25, -0.2) is 0 Å². The monoisotopic (exact) mass is 210 g/mol. The summed E-state index contributed by atoms with van der Waals surface area (Å²) in [5.74, 6) is 0.618. The fourth-order valence-electron chi connectivity index (χ4n) is 1.37. The Morgan fingerprint density at radius 3 is 2.93 bits per heavy atom. The van der Waals surface area contributed by atoms with Crippen molar-refractivity contribution in [2.45, 2.75) is 38.8 Å². The Labute approximate surface area is 89.8 Å². The highest BCUT2D eigenvalue weighted by Crippen LogP contribution is 2.12. The zero-order valence-electron chi connectivity index (χ0n) is 9.19. The van der Waals surface area contributed by atoms with E-state index in [9.17, 15) is 4.79 Å². The third-order valence-corrected chi connectivity index (χ3v) is 2.27. The van der Waals surface area contributed by atoms with Gasteiger partial charge in [0.25, 0.3) is 0 Å². The topological polar surface area (TPSA) is 68.3 Å². The van der Waals surface area contributed by atoms with Crippen LogP contribution in [0.3, 0.4) is 0 Å². The zero-order valence-corrected chi connectivity index (χ0v) is 9.19. The van der Waals surface area contributed by atoms with E-state index in [-0.39, 0.29) is 11.9 Å². The summed E-state index contributed by atoms with van der Waals surface area (Å²) in [7, 11) is 0. The SMILES string of the molecule is CCCC(N)C(=O)NC(C)c1ccco1. The Balaban J connectivity index is 2.44. The van der Waals surface area contributed by atoms with Gasteiger partial charge in [0, 0.05) is 0 Å². The van der Waals surface area contributed by atoms with Gasteiger partial charge in [-0.15, -0.1) is 0 Å². The highest BCUT2D eigenvalue weighted by atomic mass is 16.3. The molecule has 0 aliphatic heterocycles. The molecule has 0 saturated heterocycles. The predicted octanol–water partition coefficient (Wildman–Crippen LogP) is 1.58. The standard InChI is InChI=1S/C11H18N2O2/c1-3-5-9(12)11(14)13-8(2)10-6-4-7-15-10/h4,6-9H,3,5,12H2,1-2H3,(H,13,14). The quantitative estimate of drug-likeness (QED) is 0.775. The van der Waals surface area contributed by atoms with E-state index >= 15 is 0 Å². The van der Waals surface area contributed by atoms with Gasteiger partial charge >= 0.3 is 0 Å². The van der Waals surface area contributed by atoms with Crippen molar-refractivity contribution in [2.75, 3.05) is 0 Å². The second-order valence-electron chi connectivity index (χ2n) is 3.64. The minimum atomic E-state index is -0.424. The van der Waals surface area contributed by atoms with Crippen molar-refractivity contribution in [3.05, 3.63) is 24.2 Å². The van der Waals surface area contributed by atoms with Crippen molar-refractivity contribution in [1.29, 1.82) is 0 Å². The van der Waals surface area contributed by atoms with Crippen molar-refractivity contribution >= 4 is 5.91 Å². The molecule has 0 bridgehead atoms. The average molecular weight is 210 g/mol. The van der Waals surface area contributed by atoms with E-state index in [0.29, 0.717) is 6.42 Å². The summed E-state index contributed by atoms with van der Waals surface area (Å²) in [5.41, 5.74) is 5.69. The number of furan rings is 1. The molecular formula is C11H18N2O2. The molecule has 3 N–H and O–H groups in total. The van der Waals surface area contributed by atoms with Gasteiger partial charge in [-0.05, 0) is 25.5 Å². The molecule has 1 aromatic rings. The molecule has 0 aliphatic carbocycles. The summed E-state index contributed by atoms with van der Waals surface area (Å²) >= 11 is 0. The Hall–Kier alpha value is -1.29. The van der Waals surface area contributed by atoms with Gasteiger partial charge in [-0.3, -0.25) is 4.79 Å².